The summed E-state index contributed by atoms with van der Waals surface area (Å²) in [5, 5.41) is 5.08. The molecule has 0 N–H and O–H groups in total. The minimum absolute atomic E-state index is 0.0738. The topological polar surface area (TPSA) is 70.3 Å². The van der Waals surface area contributed by atoms with E-state index in [1.165, 1.54) is 37.1 Å². The lowest BCUT2D eigenvalue weighted by molar-refractivity contribution is -0.0512. The van der Waals surface area contributed by atoms with Crippen molar-refractivity contribution in [1.82, 2.24) is 15.1 Å². The minimum atomic E-state index is -2.94. The van der Waals surface area contributed by atoms with Crippen LogP contribution in [0.5, 0.6) is 11.5 Å². The third-order valence-corrected chi connectivity index (χ3v) is 4.57. The van der Waals surface area contributed by atoms with E-state index in [2.05, 4.69) is 19.9 Å². The van der Waals surface area contributed by atoms with Gasteiger partial charge in [-0.2, -0.15) is 13.8 Å². The Hall–Kier alpha value is -2.39. The van der Waals surface area contributed by atoms with Gasteiger partial charge in [0.15, 0.2) is 11.5 Å². The van der Waals surface area contributed by atoms with Crippen molar-refractivity contribution < 1.29 is 22.8 Å². The summed E-state index contributed by atoms with van der Waals surface area (Å²) in [7, 11) is 1.35. The highest BCUT2D eigenvalue weighted by atomic mass is 35.5. The highest BCUT2D eigenvalue weighted by Gasteiger charge is 2.15. The molecular formula is C16H12ClF2N3O3S. The molecule has 0 aliphatic carbocycles. The Bertz CT molecular complexity index is 895. The zero-order valence-corrected chi connectivity index (χ0v) is 14.9. The van der Waals surface area contributed by atoms with Gasteiger partial charge in [0.25, 0.3) is 0 Å². The van der Waals surface area contributed by atoms with Crippen molar-refractivity contribution in [3.05, 3.63) is 47.4 Å². The summed E-state index contributed by atoms with van der Waals surface area (Å²) >= 11 is 7.40. The number of hydrogen-bond donors (Lipinski definition) is 0. The van der Waals surface area contributed by atoms with Crippen LogP contribution >= 0.6 is 23.4 Å². The van der Waals surface area contributed by atoms with E-state index in [1.54, 1.807) is 18.3 Å². The van der Waals surface area contributed by atoms with Crippen molar-refractivity contribution in [1.29, 1.82) is 0 Å². The first-order valence-electron chi connectivity index (χ1n) is 7.26. The molecule has 1 aromatic carbocycles. The summed E-state index contributed by atoms with van der Waals surface area (Å²) in [5.41, 5.74) is 0.541. The van der Waals surface area contributed by atoms with Crippen LogP contribution in [-0.2, 0) is 5.75 Å². The molecule has 0 aliphatic rings. The van der Waals surface area contributed by atoms with Crippen LogP contribution in [0, 0.1) is 0 Å². The van der Waals surface area contributed by atoms with Crippen LogP contribution < -0.4 is 9.47 Å². The molecule has 26 heavy (non-hydrogen) atoms. The molecule has 0 radical (unpaired) electrons. The average molecular weight is 400 g/mol. The molecule has 3 rings (SSSR count). The van der Waals surface area contributed by atoms with Gasteiger partial charge in [-0.15, -0.1) is 0 Å². The molecule has 0 saturated carbocycles. The Morgan fingerprint density at radius 3 is 2.85 bits per heavy atom. The lowest BCUT2D eigenvalue weighted by atomic mass is 10.2. The predicted molar refractivity (Wildman–Crippen MR) is 91.7 cm³/mol. The lowest BCUT2D eigenvalue weighted by Gasteiger charge is -2.10. The van der Waals surface area contributed by atoms with Crippen LogP contribution in [0.2, 0.25) is 5.02 Å². The molecule has 136 valence electrons. The molecule has 3 aromatic rings. The molecule has 10 heteroatoms. The quantitative estimate of drug-likeness (QED) is 0.534. The number of rotatable bonds is 7. The Morgan fingerprint density at radius 2 is 2.12 bits per heavy atom. The van der Waals surface area contributed by atoms with E-state index < -0.39 is 6.61 Å². The SMILES string of the molecule is COc1cc(-c2noc(CSc3ncccc3Cl)n2)ccc1OC(F)F. The maximum absolute atomic E-state index is 12.4. The van der Waals surface area contributed by atoms with E-state index in [0.29, 0.717) is 33.1 Å². The Labute approximate surface area is 156 Å². The number of alkyl halides is 2. The van der Waals surface area contributed by atoms with E-state index in [9.17, 15) is 8.78 Å². The molecule has 0 aliphatic heterocycles. The number of hydrogen-bond acceptors (Lipinski definition) is 7. The Morgan fingerprint density at radius 1 is 1.27 bits per heavy atom. The second kappa shape index (κ2) is 8.33. The zero-order chi connectivity index (χ0) is 18.5. The number of nitrogens with zero attached hydrogens (tertiary/aromatic N) is 3. The molecule has 2 aromatic heterocycles. The van der Waals surface area contributed by atoms with Crippen molar-refractivity contribution in [2.45, 2.75) is 17.4 Å². The van der Waals surface area contributed by atoms with E-state index in [-0.39, 0.29) is 11.5 Å². The zero-order valence-electron chi connectivity index (χ0n) is 13.4. The van der Waals surface area contributed by atoms with Gasteiger partial charge in [-0.1, -0.05) is 28.5 Å². The molecule has 6 nitrogen and oxygen atoms in total. The molecule has 0 fully saturated rings. The first-order valence-corrected chi connectivity index (χ1v) is 8.62. The number of aromatic nitrogens is 3. The largest absolute Gasteiger partial charge is 0.493 e. The number of pyridine rings is 1. The monoisotopic (exact) mass is 399 g/mol. The van der Waals surface area contributed by atoms with E-state index in [4.69, 9.17) is 20.9 Å². The third-order valence-electron chi connectivity index (χ3n) is 3.16. The number of thioether (sulfide) groups is 1. The fourth-order valence-corrected chi connectivity index (χ4v) is 3.04. The molecular weight excluding hydrogens is 388 g/mol. The van der Waals surface area contributed by atoms with Gasteiger partial charge in [-0.3, -0.25) is 0 Å². The van der Waals surface area contributed by atoms with Crippen molar-refractivity contribution in [3.8, 4) is 22.9 Å². The highest BCUT2D eigenvalue weighted by molar-refractivity contribution is 7.98. The molecule has 0 atom stereocenters. The summed E-state index contributed by atoms with van der Waals surface area (Å²) in [6.45, 7) is -2.94. The van der Waals surface area contributed by atoms with Crippen molar-refractivity contribution in [2.24, 2.45) is 0 Å². The van der Waals surface area contributed by atoms with Crippen LogP contribution in [0.1, 0.15) is 5.89 Å². The fraction of sp³-hybridized carbons (Fsp3) is 0.188. The number of halogens is 3. The third kappa shape index (κ3) is 4.41. The van der Waals surface area contributed by atoms with Crippen molar-refractivity contribution in [3.63, 3.8) is 0 Å². The van der Waals surface area contributed by atoms with Gasteiger partial charge in [0, 0.05) is 11.8 Å². The average Bonchev–Trinajstić information content (AvgIpc) is 3.10. The summed E-state index contributed by atoms with van der Waals surface area (Å²) in [5.74, 6) is 1.13. The van der Waals surface area contributed by atoms with Gasteiger partial charge in [0.1, 0.15) is 5.03 Å². The lowest BCUT2D eigenvalue weighted by Crippen LogP contribution is -2.03. The smallest absolute Gasteiger partial charge is 0.387 e. The normalized spacial score (nSPS) is 11.0. The van der Waals surface area contributed by atoms with Crippen LogP contribution in [0.3, 0.4) is 0 Å². The maximum Gasteiger partial charge on any atom is 0.387 e. The van der Waals surface area contributed by atoms with Crippen molar-refractivity contribution in [2.75, 3.05) is 7.11 Å². The fourth-order valence-electron chi connectivity index (χ4n) is 2.04. The second-order valence-corrected chi connectivity index (χ2v) is 6.21. The predicted octanol–water partition coefficient (Wildman–Crippen LogP) is 4.69. The molecule has 0 bridgehead atoms. The molecule has 0 amide bonds. The van der Waals surface area contributed by atoms with Crippen molar-refractivity contribution >= 4 is 23.4 Å². The summed E-state index contributed by atoms with van der Waals surface area (Å²) < 4.78 is 39.4. The van der Waals surface area contributed by atoms with E-state index in [1.807, 2.05) is 0 Å². The van der Waals surface area contributed by atoms with Gasteiger partial charge < -0.3 is 14.0 Å². The van der Waals surface area contributed by atoms with Gasteiger partial charge in [-0.25, -0.2) is 4.98 Å². The molecule has 0 saturated heterocycles. The molecule has 0 unspecified atom stereocenters. The summed E-state index contributed by atoms with van der Waals surface area (Å²) in [6.07, 6.45) is 1.64. The second-order valence-electron chi connectivity index (χ2n) is 4.83. The van der Waals surface area contributed by atoms with E-state index in [0.717, 1.165) is 0 Å². The standard InChI is InChI=1S/C16H12ClF2N3O3S/c1-23-12-7-9(4-5-11(12)24-16(18)19)14-21-13(25-22-14)8-26-15-10(17)3-2-6-20-15/h2-7,16H,8H2,1H3. The first-order chi connectivity index (χ1) is 12.6. The molecule has 0 spiro atoms. The van der Waals surface area contributed by atoms with E-state index >= 15 is 0 Å². The summed E-state index contributed by atoms with van der Waals surface area (Å²) in [4.78, 5) is 8.44. The van der Waals surface area contributed by atoms with Crippen LogP contribution in [0.25, 0.3) is 11.4 Å². The number of methoxy groups -OCH3 is 1. The van der Waals surface area contributed by atoms with Gasteiger partial charge in [0.05, 0.1) is 17.9 Å². The minimum Gasteiger partial charge on any atom is -0.493 e. The highest BCUT2D eigenvalue weighted by Crippen LogP contribution is 2.33. The first kappa shape index (κ1) is 18.4. The van der Waals surface area contributed by atoms with Gasteiger partial charge >= 0.3 is 6.61 Å². The number of benzene rings is 1. The van der Waals surface area contributed by atoms with Crippen LogP contribution in [0.4, 0.5) is 8.78 Å². The van der Waals surface area contributed by atoms with Crippen LogP contribution in [0.15, 0.2) is 46.1 Å². The van der Waals surface area contributed by atoms with Gasteiger partial charge in [-0.05, 0) is 30.3 Å². The van der Waals surface area contributed by atoms with Gasteiger partial charge in [0.2, 0.25) is 11.7 Å². The molecule has 2 heterocycles. The number of ether oxygens (including phenoxy) is 2. The Kier molecular flexibility index (Phi) is 5.89. The summed E-state index contributed by atoms with van der Waals surface area (Å²) in [6, 6.07) is 7.88. The Balaban J connectivity index is 1.74. The van der Waals surface area contributed by atoms with Crippen LogP contribution in [-0.4, -0.2) is 28.8 Å². The maximum atomic E-state index is 12.4.